The maximum Gasteiger partial charge on any atom is 0.201 e. The molecule has 0 radical (unpaired) electrons. The van der Waals surface area contributed by atoms with Crippen molar-refractivity contribution in [3.63, 3.8) is 0 Å². The van der Waals surface area contributed by atoms with Gasteiger partial charge in [0.25, 0.3) is 0 Å². The lowest BCUT2D eigenvalue weighted by Crippen LogP contribution is -2.57. The van der Waals surface area contributed by atoms with Gasteiger partial charge in [-0.2, -0.15) is 0 Å². The molecule has 1 aliphatic heterocycles. The first-order valence-corrected chi connectivity index (χ1v) is 8.13. The van der Waals surface area contributed by atoms with Gasteiger partial charge in [0.15, 0.2) is 0 Å². The van der Waals surface area contributed by atoms with Gasteiger partial charge in [0, 0.05) is 30.9 Å². The van der Waals surface area contributed by atoms with Crippen molar-refractivity contribution >= 4 is 22.7 Å². The van der Waals surface area contributed by atoms with Crippen LogP contribution in [-0.4, -0.2) is 45.4 Å². The zero-order valence-electron chi connectivity index (χ0n) is 14.4. The van der Waals surface area contributed by atoms with E-state index >= 15 is 0 Å². The molecule has 0 amide bonds. The van der Waals surface area contributed by atoms with E-state index in [9.17, 15) is 5.11 Å². The Morgan fingerprint density at radius 2 is 2.13 bits per heavy atom. The quantitative estimate of drug-likeness (QED) is 0.801. The molecule has 4 N–H and O–H groups in total. The number of piperazine rings is 1. The molecule has 0 atom stereocenters. The third kappa shape index (κ3) is 3.43. The molecule has 2 heterocycles. The summed E-state index contributed by atoms with van der Waals surface area (Å²) in [5.41, 5.74) is 8.33. The fourth-order valence-corrected chi connectivity index (χ4v) is 3.25. The highest BCUT2D eigenvalue weighted by atomic mass is 16.3. The van der Waals surface area contributed by atoms with Crippen LogP contribution >= 0.6 is 0 Å². The minimum atomic E-state index is -0.830. The van der Waals surface area contributed by atoms with E-state index in [4.69, 9.17) is 5.73 Å². The molecule has 1 aromatic heterocycles. The van der Waals surface area contributed by atoms with E-state index in [1.54, 1.807) is 13.8 Å². The fraction of sp³-hybridized carbons (Fsp3) is 0.588. The Kier molecular flexibility index (Phi) is 3.77. The van der Waals surface area contributed by atoms with Gasteiger partial charge in [-0.15, -0.1) is 0 Å². The molecule has 3 rings (SSSR count). The van der Waals surface area contributed by atoms with Gasteiger partial charge < -0.3 is 25.6 Å². The number of nitrogens with two attached hydrogens (primary N) is 1. The number of aliphatic hydroxyl groups is 1. The standard InChI is InChI=1S/C17H27N5O/c1-16(2)10-21(8-7-19-16)12-5-6-14-13(9-12)20-15(18)22(14)11-17(3,4)23/h5-6,9,19,23H,7-8,10-11H2,1-4H3,(H2,18,20). The summed E-state index contributed by atoms with van der Waals surface area (Å²) in [5, 5.41) is 13.6. The molecular formula is C17H27N5O. The van der Waals surface area contributed by atoms with E-state index in [0.29, 0.717) is 12.5 Å². The topological polar surface area (TPSA) is 79.3 Å². The Labute approximate surface area is 137 Å². The van der Waals surface area contributed by atoms with Crippen molar-refractivity contribution in [2.45, 2.75) is 45.4 Å². The number of nitrogen functional groups attached to an aromatic ring is 1. The van der Waals surface area contributed by atoms with Crippen molar-refractivity contribution in [1.82, 2.24) is 14.9 Å². The number of rotatable bonds is 3. The molecule has 126 valence electrons. The van der Waals surface area contributed by atoms with Gasteiger partial charge in [0.05, 0.1) is 23.2 Å². The summed E-state index contributed by atoms with van der Waals surface area (Å²) in [6, 6.07) is 6.26. The van der Waals surface area contributed by atoms with E-state index in [2.05, 4.69) is 47.2 Å². The lowest BCUT2D eigenvalue weighted by atomic mass is 10.0. The van der Waals surface area contributed by atoms with Crippen molar-refractivity contribution < 1.29 is 5.11 Å². The SMILES string of the molecule is CC(C)(O)Cn1c(N)nc2cc(N3CCNC(C)(C)C3)ccc21. The average Bonchev–Trinajstić information content (AvgIpc) is 2.71. The monoisotopic (exact) mass is 317 g/mol. The molecule has 2 aromatic rings. The summed E-state index contributed by atoms with van der Waals surface area (Å²) >= 11 is 0. The summed E-state index contributed by atoms with van der Waals surface area (Å²) in [5.74, 6) is 0.444. The van der Waals surface area contributed by atoms with E-state index < -0.39 is 5.60 Å². The van der Waals surface area contributed by atoms with Crippen LogP contribution in [0.4, 0.5) is 11.6 Å². The number of fused-ring (bicyclic) bond motifs is 1. The molecule has 0 bridgehead atoms. The highest BCUT2D eigenvalue weighted by molar-refractivity contribution is 5.82. The highest BCUT2D eigenvalue weighted by Crippen LogP contribution is 2.27. The predicted octanol–water partition coefficient (Wildman–Crippen LogP) is 1.58. The van der Waals surface area contributed by atoms with Crippen molar-refractivity contribution in [2.24, 2.45) is 0 Å². The zero-order valence-corrected chi connectivity index (χ0v) is 14.4. The van der Waals surface area contributed by atoms with E-state index in [1.165, 1.54) is 5.69 Å². The fourth-order valence-electron chi connectivity index (χ4n) is 3.25. The number of nitrogens with zero attached hydrogens (tertiary/aromatic N) is 3. The Hall–Kier alpha value is -1.79. The summed E-state index contributed by atoms with van der Waals surface area (Å²) in [7, 11) is 0. The van der Waals surface area contributed by atoms with Crippen LogP contribution in [0.2, 0.25) is 0 Å². The molecule has 6 heteroatoms. The van der Waals surface area contributed by atoms with E-state index in [0.717, 1.165) is 30.7 Å². The molecule has 0 saturated carbocycles. The van der Waals surface area contributed by atoms with Gasteiger partial charge in [-0.05, 0) is 45.9 Å². The molecule has 1 aliphatic rings. The van der Waals surface area contributed by atoms with Crippen LogP contribution in [0.1, 0.15) is 27.7 Å². The molecule has 1 fully saturated rings. The Morgan fingerprint density at radius 1 is 1.39 bits per heavy atom. The van der Waals surface area contributed by atoms with E-state index in [-0.39, 0.29) is 5.54 Å². The summed E-state index contributed by atoms with van der Waals surface area (Å²) in [4.78, 5) is 6.85. The first kappa shape index (κ1) is 16.1. The van der Waals surface area contributed by atoms with Crippen LogP contribution in [0.25, 0.3) is 11.0 Å². The van der Waals surface area contributed by atoms with Gasteiger partial charge in [0.1, 0.15) is 0 Å². The van der Waals surface area contributed by atoms with Crippen molar-refractivity contribution in [2.75, 3.05) is 30.3 Å². The van der Waals surface area contributed by atoms with Crippen molar-refractivity contribution in [1.29, 1.82) is 0 Å². The van der Waals surface area contributed by atoms with Crippen LogP contribution in [-0.2, 0) is 6.54 Å². The van der Waals surface area contributed by atoms with Crippen LogP contribution in [0.15, 0.2) is 18.2 Å². The molecule has 23 heavy (non-hydrogen) atoms. The van der Waals surface area contributed by atoms with Crippen LogP contribution in [0.5, 0.6) is 0 Å². The van der Waals surface area contributed by atoms with E-state index in [1.807, 2.05) is 4.57 Å². The Balaban J connectivity index is 1.94. The summed E-state index contributed by atoms with van der Waals surface area (Å²) < 4.78 is 1.88. The first-order chi connectivity index (χ1) is 10.6. The van der Waals surface area contributed by atoms with Gasteiger partial charge in [-0.1, -0.05) is 0 Å². The normalized spacial score (nSPS) is 18.6. The molecule has 0 spiro atoms. The van der Waals surface area contributed by atoms with Crippen molar-refractivity contribution in [3.8, 4) is 0 Å². The average molecular weight is 317 g/mol. The summed E-state index contributed by atoms with van der Waals surface area (Å²) in [6.45, 7) is 11.3. The summed E-state index contributed by atoms with van der Waals surface area (Å²) in [6.07, 6.45) is 0. The van der Waals surface area contributed by atoms with Gasteiger partial charge in [0.2, 0.25) is 5.95 Å². The largest absolute Gasteiger partial charge is 0.389 e. The third-order valence-electron chi connectivity index (χ3n) is 4.24. The molecule has 0 aliphatic carbocycles. The van der Waals surface area contributed by atoms with Gasteiger partial charge >= 0.3 is 0 Å². The van der Waals surface area contributed by atoms with Crippen molar-refractivity contribution in [3.05, 3.63) is 18.2 Å². The molecule has 6 nitrogen and oxygen atoms in total. The molecular weight excluding hydrogens is 290 g/mol. The minimum Gasteiger partial charge on any atom is -0.389 e. The van der Waals surface area contributed by atoms with Gasteiger partial charge in [-0.25, -0.2) is 4.98 Å². The highest BCUT2D eigenvalue weighted by Gasteiger charge is 2.26. The van der Waals surface area contributed by atoms with Crippen LogP contribution in [0, 0.1) is 0 Å². The lowest BCUT2D eigenvalue weighted by Gasteiger charge is -2.40. The molecule has 1 aromatic carbocycles. The lowest BCUT2D eigenvalue weighted by molar-refractivity contribution is 0.0633. The van der Waals surface area contributed by atoms with Gasteiger partial charge in [-0.3, -0.25) is 0 Å². The number of hydrogen-bond acceptors (Lipinski definition) is 5. The zero-order chi connectivity index (χ0) is 16.8. The Morgan fingerprint density at radius 3 is 2.78 bits per heavy atom. The molecule has 0 unspecified atom stereocenters. The Bertz CT molecular complexity index is 714. The number of anilines is 2. The maximum atomic E-state index is 10.1. The first-order valence-electron chi connectivity index (χ1n) is 8.13. The number of imidazole rings is 1. The number of aromatic nitrogens is 2. The minimum absolute atomic E-state index is 0.104. The second kappa shape index (κ2) is 5.39. The smallest absolute Gasteiger partial charge is 0.201 e. The third-order valence-corrected chi connectivity index (χ3v) is 4.24. The second-order valence-corrected chi connectivity index (χ2v) is 7.77. The number of nitrogens with one attached hydrogen (secondary N) is 1. The number of hydrogen-bond donors (Lipinski definition) is 3. The second-order valence-electron chi connectivity index (χ2n) is 7.77. The molecule has 1 saturated heterocycles. The van der Waals surface area contributed by atoms with Crippen LogP contribution in [0.3, 0.4) is 0 Å². The number of benzene rings is 1. The maximum absolute atomic E-state index is 10.1. The predicted molar refractivity (Wildman–Crippen MR) is 94.7 cm³/mol. The van der Waals surface area contributed by atoms with Crippen LogP contribution < -0.4 is 16.0 Å².